The first-order valence-corrected chi connectivity index (χ1v) is 6.02. The minimum Gasteiger partial charge on any atom is -0.383 e. The molecule has 1 aromatic heterocycles. The Bertz CT molecular complexity index is 439. The fraction of sp³-hybridized carbons (Fsp3) is 0.462. The standard InChI is InChI=1S/C13H18N4O2/c1-15-12-5-4-11(10-16-12)13(18)17(7-3-6-14)8-9-19-2/h4-5,10H,3,7-9H2,1-2H3,(H,15,16). The van der Waals surface area contributed by atoms with Crippen LogP contribution in [0.15, 0.2) is 18.3 Å². The van der Waals surface area contributed by atoms with E-state index in [1.54, 1.807) is 31.2 Å². The molecule has 0 spiro atoms. The molecule has 6 nitrogen and oxygen atoms in total. The van der Waals surface area contributed by atoms with E-state index in [9.17, 15) is 4.79 Å². The summed E-state index contributed by atoms with van der Waals surface area (Å²) in [6.45, 7) is 1.30. The molecule has 0 fully saturated rings. The number of aromatic nitrogens is 1. The van der Waals surface area contributed by atoms with Crippen molar-refractivity contribution in [3.8, 4) is 6.07 Å². The second-order valence-electron chi connectivity index (χ2n) is 3.88. The zero-order valence-corrected chi connectivity index (χ0v) is 11.2. The molecule has 1 rings (SSSR count). The lowest BCUT2D eigenvalue weighted by atomic mass is 10.2. The molecule has 0 aliphatic carbocycles. The van der Waals surface area contributed by atoms with Crippen LogP contribution >= 0.6 is 0 Å². The normalized spacial score (nSPS) is 9.74. The first kappa shape index (κ1) is 14.9. The van der Waals surface area contributed by atoms with Crippen molar-refractivity contribution in [2.24, 2.45) is 0 Å². The van der Waals surface area contributed by atoms with Crippen LogP contribution in [-0.4, -0.2) is 49.6 Å². The minimum atomic E-state index is -0.137. The highest BCUT2D eigenvalue weighted by Gasteiger charge is 2.15. The molecule has 0 bridgehead atoms. The fourth-order valence-corrected chi connectivity index (χ4v) is 1.55. The number of nitrogens with zero attached hydrogens (tertiary/aromatic N) is 3. The molecule has 0 unspecified atom stereocenters. The largest absolute Gasteiger partial charge is 0.383 e. The number of carbonyl (C=O) groups is 1. The van der Waals surface area contributed by atoms with Crippen LogP contribution in [0.5, 0.6) is 0 Å². The van der Waals surface area contributed by atoms with E-state index in [0.29, 0.717) is 37.5 Å². The quantitative estimate of drug-likeness (QED) is 0.796. The van der Waals surface area contributed by atoms with Crippen LogP contribution in [0.1, 0.15) is 16.8 Å². The van der Waals surface area contributed by atoms with Crippen LogP contribution < -0.4 is 5.32 Å². The molecule has 0 saturated carbocycles. The van der Waals surface area contributed by atoms with Gasteiger partial charge in [0.1, 0.15) is 5.82 Å². The summed E-state index contributed by atoms with van der Waals surface area (Å²) >= 11 is 0. The van der Waals surface area contributed by atoms with Crippen molar-refractivity contribution >= 4 is 11.7 Å². The van der Waals surface area contributed by atoms with E-state index in [4.69, 9.17) is 10.00 Å². The maximum atomic E-state index is 12.3. The summed E-state index contributed by atoms with van der Waals surface area (Å²) in [5, 5.41) is 11.5. The average Bonchev–Trinajstić information content (AvgIpc) is 2.47. The molecule has 1 aromatic rings. The Morgan fingerprint density at radius 2 is 2.32 bits per heavy atom. The lowest BCUT2D eigenvalue weighted by Crippen LogP contribution is -2.34. The Labute approximate surface area is 113 Å². The van der Waals surface area contributed by atoms with Crippen LogP contribution in [0.3, 0.4) is 0 Å². The third kappa shape index (κ3) is 4.56. The molecule has 1 amide bonds. The summed E-state index contributed by atoms with van der Waals surface area (Å²) in [4.78, 5) is 18.0. The van der Waals surface area contributed by atoms with E-state index >= 15 is 0 Å². The van der Waals surface area contributed by atoms with Crippen molar-refractivity contribution in [2.45, 2.75) is 6.42 Å². The van der Waals surface area contributed by atoms with Gasteiger partial charge in [-0.3, -0.25) is 4.79 Å². The highest BCUT2D eigenvalue weighted by molar-refractivity contribution is 5.94. The molecule has 0 radical (unpaired) electrons. The number of rotatable bonds is 7. The Morgan fingerprint density at radius 1 is 1.53 bits per heavy atom. The van der Waals surface area contributed by atoms with Crippen LogP contribution in [0.4, 0.5) is 5.82 Å². The number of anilines is 1. The number of nitrogens with one attached hydrogen (secondary N) is 1. The monoisotopic (exact) mass is 262 g/mol. The molecule has 1 N–H and O–H groups in total. The number of pyridine rings is 1. The number of amides is 1. The summed E-state index contributed by atoms with van der Waals surface area (Å²) in [6, 6.07) is 5.50. The van der Waals surface area contributed by atoms with Crippen LogP contribution in [0.2, 0.25) is 0 Å². The van der Waals surface area contributed by atoms with Crippen molar-refractivity contribution in [3.63, 3.8) is 0 Å². The molecule has 0 aliphatic rings. The summed E-state index contributed by atoms with van der Waals surface area (Å²) in [7, 11) is 3.35. The first-order chi connectivity index (χ1) is 9.22. The second-order valence-corrected chi connectivity index (χ2v) is 3.88. The number of hydrogen-bond donors (Lipinski definition) is 1. The van der Waals surface area contributed by atoms with E-state index in [0.717, 1.165) is 0 Å². The van der Waals surface area contributed by atoms with Gasteiger partial charge in [0.25, 0.3) is 5.91 Å². The van der Waals surface area contributed by atoms with Crippen molar-refractivity contribution in [3.05, 3.63) is 23.9 Å². The van der Waals surface area contributed by atoms with Gasteiger partial charge >= 0.3 is 0 Å². The highest BCUT2D eigenvalue weighted by Crippen LogP contribution is 2.08. The predicted octanol–water partition coefficient (Wildman–Crippen LogP) is 1.13. The van der Waals surface area contributed by atoms with Crippen molar-refractivity contribution in [1.29, 1.82) is 5.26 Å². The Hall–Kier alpha value is -2.13. The van der Waals surface area contributed by atoms with Gasteiger partial charge in [-0.15, -0.1) is 0 Å². The average molecular weight is 262 g/mol. The molecule has 0 saturated heterocycles. The Balaban J connectivity index is 2.75. The summed E-state index contributed by atoms with van der Waals surface area (Å²) in [6.07, 6.45) is 1.83. The predicted molar refractivity (Wildman–Crippen MR) is 71.8 cm³/mol. The van der Waals surface area contributed by atoms with Crippen LogP contribution in [0.25, 0.3) is 0 Å². The van der Waals surface area contributed by atoms with Gasteiger partial charge in [0.05, 0.1) is 24.7 Å². The maximum absolute atomic E-state index is 12.3. The molecule has 0 aliphatic heterocycles. The van der Waals surface area contributed by atoms with E-state index < -0.39 is 0 Å². The molecule has 6 heteroatoms. The van der Waals surface area contributed by atoms with Crippen molar-refractivity contribution in [2.75, 3.05) is 39.2 Å². The lowest BCUT2D eigenvalue weighted by molar-refractivity contribution is 0.0699. The first-order valence-electron chi connectivity index (χ1n) is 6.02. The lowest BCUT2D eigenvalue weighted by Gasteiger charge is -2.21. The highest BCUT2D eigenvalue weighted by atomic mass is 16.5. The summed E-state index contributed by atoms with van der Waals surface area (Å²) < 4.78 is 4.97. The van der Waals surface area contributed by atoms with Gasteiger partial charge in [0.2, 0.25) is 0 Å². The number of hydrogen-bond acceptors (Lipinski definition) is 5. The number of ether oxygens (including phenoxy) is 1. The van der Waals surface area contributed by atoms with Gasteiger partial charge in [-0.1, -0.05) is 0 Å². The van der Waals surface area contributed by atoms with Gasteiger partial charge in [0, 0.05) is 33.4 Å². The number of carbonyl (C=O) groups excluding carboxylic acids is 1. The maximum Gasteiger partial charge on any atom is 0.255 e. The van der Waals surface area contributed by atoms with Crippen LogP contribution in [-0.2, 0) is 4.74 Å². The third-order valence-electron chi connectivity index (χ3n) is 2.61. The molecular formula is C13H18N4O2. The van der Waals surface area contributed by atoms with Gasteiger partial charge in [-0.2, -0.15) is 5.26 Å². The van der Waals surface area contributed by atoms with Gasteiger partial charge in [0.15, 0.2) is 0 Å². The molecule has 0 aromatic carbocycles. The SMILES string of the molecule is CNc1ccc(C(=O)N(CCC#N)CCOC)cn1. The van der Waals surface area contributed by atoms with E-state index in [2.05, 4.69) is 10.3 Å². The van der Waals surface area contributed by atoms with Crippen LogP contribution in [0, 0.1) is 11.3 Å². The van der Waals surface area contributed by atoms with Crippen molar-refractivity contribution < 1.29 is 9.53 Å². The van der Waals surface area contributed by atoms with E-state index in [1.807, 2.05) is 6.07 Å². The fourth-order valence-electron chi connectivity index (χ4n) is 1.55. The van der Waals surface area contributed by atoms with E-state index in [1.165, 1.54) is 6.20 Å². The molecule has 19 heavy (non-hydrogen) atoms. The minimum absolute atomic E-state index is 0.137. The molecule has 102 valence electrons. The Kier molecular flexibility index (Phi) is 6.33. The third-order valence-corrected chi connectivity index (χ3v) is 2.61. The molecule has 1 heterocycles. The zero-order chi connectivity index (χ0) is 14.1. The summed E-state index contributed by atoms with van der Waals surface area (Å²) in [5.41, 5.74) is 0.507. The molecular weight excluding hydrogens is 244 g/mol. The van der Waals surface area contributed by atoms with Crippen molar-refractivity contribution in [1.82, 2.24) is 9.88 Å². The van der Waals surface area contributed by atoms with Gasteiger partial charge in [-0.25, -0.2) is 4.98 Å². The smallest absolute Gasteiger partial charge is 0.255 e. The second kappa shape index (κ2) is 8.06. The zero-order valence-electron chi connectivity index (χ0n) is 11.2. The van der Waals surface area contributed by atoms with E-state index in [-0.39, 0.29) is 5.91 Å². The topological polar surface area (TPSA) is 78.2 Å². The number of methoxy groups -OCH3 is 1. The number of nitriles is 1. The molecule has 0 atom stereocenters. The Morgan fingerprint density at radius 3 is 2.84 bits per heavy atom. The van der Waals surface area contributed by atoms with Gasteiger partial charge in [-0.05, 0) is 12.1 Å². The van der Waals surface area contributed by atoms with Gasteiger partial charge < -0.3 is 15.0 Å². The summed E-state index contributed by atoms with van der Waals surface area (Å²) in [5.74, 6) is 0.569.